The van der Waals surface area contributed by atoms with Crippen LogP contribution in [-0.4, -0.2) is 35.9 Å². The van der Waals surface area contributed by atoms with Crippen LogP contribution in [0.2, 0.25) is 19.6 Å². The highest BCUT2D eigenvalue weighted by molar-refractivity contribution is 6.83. The minimum Gasteiger partial charge on any atom is -0.300 e. The highest BCUT2D eigenvalue weighted by atomic mass is 28.3. The molecule has 6 nitrogen and oxygen atoms in total. The van der Waals surface area contributed by atoms with Crippen LogP contribution in [0.15, 0.2) is 53.8 Å². The van der Waals surface area contributed by atoms with Crippen LogP contribution in [0.4, 0.5) is 4.39 Å². The lowest BCUT2D eigenvalue weighted by molar-refractivity contribution is -0.237. The number of rotatable bonds is 4. The molecule has 2 aromatic carbocycles. The summed E-state index contributed by atoms with van der Waals surface area (Å²) in [6, 6.07) is 12.2. The van der Waals surface area contributed by atoms with Crippen LogP contribution >= 0.6 is 0 Å². The lowest BCUT2D eigenvalue weighted by atomic mass is 9.98. The molecule has 4 rings (SSSR count). The number of carbonyl (C=O) groups is 1. The van der Waals surface area contributed by atoms with Gasteiger partial charge in [-0.1, -0.05) is 37.7 Å². The Morgan fingerprint density at radius 1 is 1.18 bits per heavy atom. The molecule has 0 fully saturated rings. The van der Waals surface area contributed by atoms with Crippen LogP contribution in [0.1, 0.15) is 39.8 Å². The first-order chi connectivity index (χ1) is 15.8. The summed E-state index contributed by atoms with van der Waals surface area (Å²) in [5, 5.41) is 0. The predicted octanol–water partition coefficient (Wildman–Crippen LogP) is 4.70. The van der Waals surface area contributed by atoms with E-state index in [1.54, 1.807) is 36.0 Å². The van der Waals surface area contributed by atoms with E-state index in [2.05, 4.69) is 36.1 Å². The summed E-state index contributed by atoms with van der Waals surface area (Å²) >= 11 is 0. The van der Waals surface area contributed by atoms with Crippen LogP contribution in [0.25, 0.3) is 5.69 Å². The molecule has 0 radical (unpaired) electrons. The van der Waals surface area contributed by atoms with Crippen molar-refractivity contribution in [2.75, 3.05) is 6.61 Å². The summed E-state index contributed by atoms with van der Waals surface area (Å²) in [5.74, 6) is 2.19. The highest BCUT2D eigenvalue weighted by Gasteiger charge is 2.26. The molecular weight excluding hydrogens is 437 g/mol. The third kappa shape index (κ3) is 4.79. The quantitative estimate of drug-likeness (QED) is 0.245. The maximum atomic E-state index is 14.8. The van der Waals surface area contributed by atoms with Crippen molar-refractivity contribution in [1.82, 2.24) is 9.55 Å². The van der Waals surface area contributed by atoms with Gasteiger partial charge in [0.15, 0.2) is 5.69 Å². The first kappa shape index (κ1) is 22.6. The number of carbonyl (C=O) groups excluding carboxylic acids is 1. The molecule has 0 bridgehead atoms. The standard InChI is InChI=1S/C25H24FN3O3Si/c1-5-31-32-25(30)24-22-15-27-23(18-8-6-7-9-20(18)26)19-14-17(12-13-33(2,3)4)10-11-21(19)29(22)16-28-24/h6-11,14,16H,5,15H2,1-4H3. The van der Waals surface area contributed by atoms with Crippen LogP contribution < -0.4 is 0 Å². The van der Waals surface area contributed by atoms with Gasteiger partial charge in [0.05, 0.1) is 30.2 Å². The fourth-order valence-electron chi connectivity index (χ4n) is 3.45. The number of aromatic nitrogens is 2. The van der Waals surface area contributed by atoms with Crippen LogP contribution in [-0.2, 0) is 16.3 Å². The lowest BCUT2D eigenvalue weighted by Gasteiger charge is -2.13. The summed E-state index contributed by atoms with van der Waals surface area (Å²) in [6.45, 7) is 8.58. The molecule has 1 aliphatic heterocycles. The van der Waals surface area contributed by atoms with Crippen molar-refractivity contribution in [2.24, 2.45) is 4.99 Å². The van der Waals surface area contributed by atoms with Gasteiger partial charge in [0.25, 0.3) is 0 Å². The molecule has 0 amide bonds. The fourth-order valence-corrected chi connectivity index (χ4v) is 3.97. The van der Waals surface area contributed by atoms with Gasteiger partial charge in [0.1, 0.15) is 20.2 Å². The first-order valence-corrected chi connectivity index (χ1v) is 14.2. The molecule has 0 atom stereocenters. The molecule has 2 heterocycles. The maximum absolute atomic E-state index is 14.8. The Kier molecular flexibility index (Phi) is 6.27. The summed E-state index contributed by atoms with van der Waals surface area (Å²) < 4.78 is 16.6. The summed E-state index contributed by atoms with van der Waals surface area (Å²) in [6.07, 6.45) is 1.55. The van der Waals surface area contributed by atoms with Crippen molar-refractivity contribution in [1.29, 1.82) is 0 Å². The van der Waals surface area contributed by atoms with Crippen LogP contribution in [0.5, 0.6) is 0 Å². The number of hydrogen-bond donors (Lipinski definition) is 0. The average molecular weight is 462 g/mol. The van der Waals surface area contributed by atoms with E-state index in [1.165, 1.54) is 6.07 Å². The van der Waals surface area contributed by atoms with Crippen molar-refractivity contribution >= 4 is 19.8 Å². The Morgan fingerprint density at radius 2 is 1.97 bits per heavy atom. The molecule has 3 aromatic rings. The van der Waals surface area contributed by atoms with E-state index in [-0.39, 0.29) is 24.7 Å². The highest BCUT2D eigenvalue weighted by Crippen LogP contribution is 2.28. The zero-order valence-electron chi connectivity index (χ0n) is 19.0. The van der Waals surface area contributed by atoms with E-state index in [1.807, 2.05) is 18.2 Å². The fraction of sp³-hybridized carbons (Fsp3) is 0.240. The van der Waals surface area contributed by atoms with E-state index in [0.29, 0.717) is 22.5 Å². The van der Waals surface area contributed by atoms with E-state index in [0.717, 1.165) is 11.3 Å². The maximum Gasteiger partial charge on any atom is 0.393 e. The molecule has 0 saturated carbocycles. The lowest BCUT2D eigenvalue weighted by Crippen LogP contribution is -2.16. The van der Waals surface area contributed by atoms with Gasteiger partial charge in [0, 0.05) is 16.7 Å². The average Bonchev–Trinajstić information content (AvgIpc) is 3.14. The Labute approximate surface area is 193 Å². The number of nitrogens with zero attached hydrogens (tertiary/aromatic N) is 3. The van der Waals surface area contributed by atoms with Crippen molar-refractivity contribution in [3.8, 4) is 17.2 Å². The van der Waals surface area contributed by atoms with Gasteiger partial charge in [-0.2, -0.15) is 4.89 Å². The molecular formula is C25H24FN3O3Si. The van der Waals surface area contributed by atoms with Crippen LogP contribution in [0, 0.1) is 17.3 Å². The van der Waals surface area contributed by atoms with Crippen molar-refractivity contribution in [2.45, 2.75) is 33.1 Å². The van der Waals surface area contributed by atoms with Crippen molar-refractivity contribution < 1.29 is 19.0 Å². The number of fused-ring (bicyclic) bond motifs is 3. The molecule has 0 unspecified atom stereocenters. The van der Waals surface area contributed by atoms with Gasteiger partial charge < -0.3 is 0 Å². The smallest absolute Gasteiger partial charge is 0.300 e. The second-order valence-corrected chi connectivity index (χ2v) is 13.3. The second-order valence-electron chi connectivity index (χ2n) is 8.56. The second kappa shape index (κ2) is 9.14. The Hall–Kier alpha value is -3.54. The minimum atomic E-state index is -1.58. The third-order valence-corrected chi connectivity index (χ3v) is 5.80. The molecule has 33 heavy (non-hydrogen) atoms. The molecule has 0 spiro atoms. The number of benzene rings is 2. The van der Waals surface area contributed by atoms with E-state index in [4.69, 9.17) is 14.8 Å². The van der Waals surface area contributed by atoms with Gasteiger partial charge >= 0.3 is 5.97 Å². The number of aliphatic imine (C=N–C) groups is 1. The normalized spacial score (nSPS) is 12.6. The largest absolute Gasteiger partial charge is 0.393 e. The predicted molar refractivity (Wildman–Crippen MR) is 127 cm³/mol. The summed E-state index contributed by atoms with van der Waals surface area (Å²) in [7, 11) is -1.58. The first-order valence-electron chi connectivity index (χ1n) is 10.7. The van der Waals surface area contributed by atoms with Crippen molar-refractivity contribution in [3.63, 3.8) is 0 Å². The topological polar surface area (TPSA) is 65.7 Å². The van der Waals surface area contributed by atoms with Crippen molar-refractivity contribution in [3.05, 3.63) is 82.7 Å². The third-order valence-electron chi connectivity index (χ3n) is 4.92. The zero-order valence-corrected chi connectivity index (χ0v) is 20.0. The van der Waals surface area contributed by atoms with Gasteiger partial charge in [-0.25, -0.2) is 14.2 Å². The number of hydrogen-bond acceptors (Lipinski definition) is 5. The van der Waals surface area contributed by atoms with E-state index >= 15 is 0 Å². The minimum absolute atomic E-state index is 0.107. The van der Waals surface area contributed by atoms with E-state index < -0.39 is 14.0 Å². The SMILES string of the molecule is CCOOC(=O)c1ncn2c1CN=C(c1ccccc1F)c1cc(C#C[Si](C)(C)C)ccc1-2. The van der Waals surface area contributed by atoms with Gasteiger partial charge in [-0.3, -0.25) is 14.4 Å². The molecule has 1 aromatic heterocycles. The molecule has 1 aliphatic rings. The molecule has 0 saturated heterocycles. The van der Waals surface area contributed by atoms with Gasteiger partial charge in [-0.05, 0) is 37.3 Å². The Morgan fingerprint density at radius 3 is 2.70 bits per heavy atom. The number of imidazole rings is 1. The molecule has 8 heteroatoms. The summed E-state index contributed by atoms with van der Waals surface area (Å²) in [5.41, 5.74) is 7.14. The summed E-state index contributed by atoms with van der Waals surface area (Å²) in [4.78, 5) is 31.0. The molecule has 168 valence electrons. The zero-order chi connectivity index (χ0) is 23.6. The van der Waals surface area contributed by atoms with Crippen LogP contribution in [0.3, 0.4) is 0 Å². The molecule has 0 N–H and O–H groups in total. The Balaban J connectivity index is 1.90. The number of halogens is 1. The molecule has 0 aliphatic carbocycles. The van der Waals surface area contributed by atoms with E-state index in [9.17, 15) is 9.18 Å². The van der Waals surface area contributed by atoms with Gasteiger partial charge in [-0.15, -0.1) is 5.54 Å². The van der Waals surface area contributed by atoms with Gasteiger partial charge in [0.2, 0.25) is 0 Å². The monoisotopic (exact) mass is 461 g/mol. The Bertz CT molecular complexity index is 1310.